The number of hydrogen-bond donors (Lipinski definition) is 1. The van der Waals surface area contributed by atoms with E-state index in [4.69, 9.17) is 4.74 Å². The molecule has 0 unspecified atom stereocenters. The van der Waals surface area contributed by atoms with Gasteiger partial charge in [0, 0.05) is 13.2 Å². The van der Waals surface area contributed by atoms with Gasteiger partial charge in [-0.25, -0.2) is 0 Å². The minimum atomic E-state index is -0.240. The predicted molar refractivity (Wildman–Crippen MR) is 72.7 cm³/mol. The van der Waals surface area contributed by atoms with Crippen LogP contribution in [-0.4, -0.2) is 44.2 Å². The molecular weight excluding hydrogens is 248 g/mol. The van der Waals surface area contributed by atoms with Gasteiger partial charge in [0.05, 0.1) is 6.04 Å². The molecule has 1 amide bonds. The zero-order valence-electron chi connectivity index (χ0n) is 10.9. The zero-order chi connectivity index (χ0) is 13.0. The fourth-order valence-electron chi connectivity index (χ4n) is 2.16. The van der Waals surface area contributed by atoms with Crippen LogP contribution in [0.15, 0.2) is 16.8 Å². The standard InChI is InChI=1S/C13H20N2O2S/c1-15(2)11(10-5-7-18-9-10)8-14-13(16)12-4-3-6-17-12/h5,7,9,11-12H,3-4,6,8H2,1-2H3,(H,14,16)/t11-,12+/m0/s1. The van der Waals surface area contributed by atoms with Crippen LogP contribution in [0, 0.1) is 0 Å². The van der Waals surface area contributed by atoms with Crippen molar-refractivity contribution in [2.24, 2.45) is 0 Å². The summed E-state index contributed by atoms with van der Waals surface area (Å²) in [6, 6.07) is 2.33. The molecule has 1 aliphatic rings. The van der Waals surface area contributed by atoms with E-state index in [0.29, 0.717) is 13.2 Å². The highest BCUT2D eigenvalue weighted by molar-refractivity contribution is 7.07. The van der Waals surface area contributed by atoms with Gasteiger partial charge in [0.2, 0.25) is 5.91 Å². The van der Waals surface area contributed by atoms with Gasteiger partial charge in [0.15, 0.2) is 0 Å². The van der Waals surface area contributed by atoms with Gasteiger partial charge < -0.3 is 15.0 Å². The number of amides is 1. The van der Waals surface area contributed by atoms with E-state index in [1.807, 2.05) is 14.1 Å². The maximum Gasteiger partial charge on any atom is 0.249 e. The summed E-state index contributed by atoms with van der Waals surface area (Å²) >= 11 is 1.68. The van der Waals surface area contributed by atoms with Gasteiger partial charge in [-0.15, -0.1) is 0 Å². The van der Waals surface area contributed by atoms with Gasteiger partial charge in [0.1, 0.15) is 6.10 Å². The molecule has 0 aromatic carbocycles. The van der Waals surface area contributed by atoms with E-state index >= 15 is 0 Å². The Balaban J connectivity index is 1.88. The zero-order valence-corrected chi connectivity index (χ0v) is 11.7. The maximum absolute atomic E-state index is 11.9. The molecule has 0 spiro atoms. The van der Waals surface area contributed by atoms with Crippen LogP contribution in [0.2, 0.25) is 0 Å². The minimum absolute atomic E-state index is 0.0228. The van der Waals surface area contributed by atoms with Gasteiger partial charge in [-0.05, 0) is 49.3 Å². The number of nitrogens with one attached hydrogen (secondary N) is 1. The fraction of sp³-hybridized carbons (Fsp3) is 0.615. The van der Waals surface area contributed by atoms with Crippen molar-refractivity contribution in [3.8, 4) is 0 Å². The van der Waals surface area contributed by atoms with Crippen LogP contribution in [0.5, 0.6) is 0 Å². The van der Waals surface area contributed by atoms with Crippen molar-refractivity contribution in [1.82, 2.24) is 10.2 Å². The molecule has 0 saturated carbocycles. The molecule has 1 aromatic rings. The lowest BCUT2D eigenvalue weighted by Crippen LogP contribution is -2.39. The largest absolute Gasteiger partial charge is 0.368 e. The van der Waals surface area contributed by atoms with E-state index in [9.17, 15) is 4.79 Å². The number of rotatable bonds is 5. The lowest BCUT2D eigenvalue weighted by molar-refractivity contribution is -0.130. The van der Waals surface area contributed by atoms with Gasteiger partial charge in [-0.1, -0.05) is 0 Å². The first-order valence-corrected chi connectivity index (χ1v) is 7.20. The fourth-order valence-corrected chi connectivity index (χ4v) is 2.87. The van der Waals surface area contributed by atoms with Crippen molar-refractivity contribution in [1.29, 1.82) is 0 Å². The van der Waals surface area contributed by atoms with Crippen molar-refractivity contribution < 1.29 is 9.53 Å². The summed E-state index contributed by atoms with van der Waals surface area (Å²) < 4.78 is 5.37. The topological polar surface area (TPSA) is 41.6 Å². The molecule has 1 saturated heterocycles. The lowest BCUT2D eigenvalue weighted by atomic mass is 10.1. The molecule has 2 rings (SSSR count). The van der Waals surface area contributed by atoms with Gasteiger partial charge in [0.25, 0.3) is 0 Å². The Kier molecular flexibility index (Phi) is 4.74. The predicted octanol–water partition coefficient (Wildman–Crippen LogP) is 1.65. The Labute approximate surface area is 112 Å². The van der Waals surface area contributed by atoms with E-state index in [2.05, 4.69) is 27.0 Å². The van der Waals surface area contributed by atoms with Crippen molar-refractivity contribution in [2.75, 3.05) is 27.2 Å². The van der Waals surface area contributed by atoms with E-state index < -0.39 is 0 Å². The Bertz CT molecular complexity index is 372. The molecule has 1 fully saturated rings. The van der Waals surface area contributed by atoms with Crippen molar-refractivity contribution in [3.63, 3.8) is 0 Å². The van der Waals surface area contributed by atoms with Crippen molar-refractivity contribution >= 4 is 17.2 Å². The minimum Gasteiger partial charge on any atom is -0.368 e. The first-order valence-electron chi connectivity index (χ1n) is 6.26. The third-order valence-corrected chi connectivity index (χ3v) is 3.94. The van der Waals surface area contributed by atoms with Crippen molar-refractivity contribution in [3.05, 3.63) is 22.4 Å². The summed E-state index contributed by atoms with van der Waals surface area (Å²) in [5.74, 6) is 0.0228. The Morgan fingerprint density at radius 3 is 3.06 bits per heavy atom. The van der Waals surface area contributed by atoms with E-state index in [1.54, 1.807) is 11.3 Å². The highest BCUT2D eigenvalue weighted by Gasteiger charge is 2.24. The lowest BCUT2D eigenvalue weighted by Gasteiger charge is -2.24. The van der Waals surface area contributed by atoms with Crippen LogP contribution in [0.1, 0.15) is 24.4 Å². The molecule has 1 N–H and O–H groups in total. The molecule has 18 heavy (non-hydrogen) atoms. The second-order valence-electron chi connectivity index (χ2n) is 4.78. The summed E-state index contributed by atoms with van der Waals surface area (Å²) in [5, 5.41) is 7.18. The number of ether oxygens (including phenoxy) is 1. The van der Waals surface area contributed by atoms with Crippen LogP contribution in [0.4, 0.5) is 0 Å². The van der Waals surface area contributed by atoms with Crippen LogP contribution in [0.25, 0.3) is 0 Å². The van der Waals surface area contributed by atoms with Crippen LogP contribution in [-0.2, 0) is 9.53 Å². The average Bonchev–Trinajstić information content (AvgIpc) is 3.01. The van der Waals surface area contributed by atoms with Crippen LogP contribution in [0.3, 0.4) is 0 Å². The molecule has 0 bridgehead atoms. The normalized spacial score (nSPS) is 21.2. The summed E-state index contributed by atoms with van der Waals surface area (Å²) in [6.07, 6.45) is 1.59. The number of likely N-dealkylation sites (N-methyl/N-ethyl adjacent to an activating group) is 1. The SMILES string of the molecule is CN(C)[C@@H](CNC(=O)[C@H]1CCCO1)c1ccsc1. The van der Waals surface area contributed by atoms with Crippen LogP contribution < -0.4 is 5.32 Å². The maximum atomic E-state index is 11.9. The number of carbonyl (C=O) groups is 1. The monoisotopic (exact) mass is 268 g/mol. The number of nitrogens with zero attached hydrogens (tertiary/aromatic N) is 1. The molecule has 100 valence electrons. The number of carbonyl (C=O) groups excluding carboxylic acids is 1. The number of hydrogen-bond acceptors (Lipinski definition) is 4. The highest BCUT2D eigenvalue weighted by Crippen LogP contribution is 2.20. The first-order chi connectivity index (χ1) is 8.68. The molecule has 2 heterocycles. The second-order valence-corrected chi connectivity index (χ2v) is 5.56. The molecular formula is C13H20N2O2S. The average molecular weight is 268 g/mol. The third kappa shape index (κ3) is 3.31. The third-order valence-electron chi connectivity index (χ3n) is 3.24. The highest BCUT2D eigenvalue weighted by atomic mass is 32.1. The molecule has 2 atom stereocenters. The molecule has 4 nitrogen and oxygen atoms in total. The Morgan fingerprint density at radius 2 is 2.50 bits per heavy atom. The van der Waals surface area contributed by atoms with Gasteiger partial charge in [-0.2, -0.15) is 11.3 Å². The summed E-state index contributed by atoms with van der Waals surface area (Å²) in [7, 11) is 4.06. The van der Waals surface area contributed by atoms with Crippen molar-refractivity contribution in [2.45, 2.75) is 25.0 Å². The molecule has 0 radical (unpaired) electrons. The van der Waals surface area contributed by atoms with Gasteiger partial charge >= 0.3 is 0 Å². The summed E-state index contributed by atoms with van der Waals surface area (Å²) in [4.78, 5) is 14.0. The van der Waals surface area contributed by atoms with Crippen LogP contribution >= 0.6 is 11.3 Å². The molecule has 5 heteroatoms. The van der Waals surface area contributed by atoms with E-state index in [0.717, 1.165) is 12.8 Å². The van der Waals surface area contributed by atoms with Gasteiger partial charge in [-0.3, -0.25) is 4.79 Å². The Morgan fingerprint density at radius 1 is 1.67 bits per heavy atom. The quantitative estimate of drug-likeness (QED) is 0.883. The second kappa shape index (κ2) is 6.31. The van der Waals surface area contributed by atoms with E-state index in [1.165, 1.54) is 5.56 Å². The molecule has 1 aliphatic heterocycles. The summed E-state index contributed by atoms with van der Waals surface area (Å²) in [5.41, 5.74) is 1.25. The number of thiophene rings is 1. The summed E-state index contributed by atoms with van der Waals surface area (Å²) in [6.45, 7) is 1.34. The van der Waals surface area contributed by atoms with E-state index in [-0.39, 0.29) is 18.1 Å². The smallest absolute Gasteiger partial charge is 0.249 e. The first kappa shape index (κ1) is 13.5. The Hall–Kier alpha value is -0.910. The molecule has 0 aliphatic carbocycles. The molecule has 1 aromatic heterocycles.